The molecule has 0 saturated heterocycles. The molecule has 0 fully saturated rings. The molecule has 1 amide bonds. The van der Waals surface area contributed by atoms with Gasteiger partial charge in [0.2, 0.25) is 5.91 Å². The molecule has 1 aliphatic rings. The summed E-state index contributed by atoms with van der Waals surface area (Å²) in [6.45, 7) is 2.19. The zero-order chi connectivity index (χ0) is 16.1. The lowest BCUT2D eigenvalue weighted by atomic mass is 9.91. The molecule has 0 saturated carbocycles. The van der Waals surface area contributed by atoms with E-state index in [9.17, 15) is 4.79 Å². The van der Waals surface area contributed by atoms with E-state index in [1.807, 2.05) is 35.0 Å². The topological polar surface area (TPSA) is 59.3 Å². The highest BCUT2D eigenvalue weighted by Crippen LogP contribution is 2.22. The van der Waals surface area contributed by atoms with Crippen LogP contribution in [0.25, 0.3) is 5.69 Å². The summed E-state index contributed by atoms with van der Waals surface area (Å²) >= 11 is 0. The minimum absolute atomic E-state index is 0.0233. The first-order chi connectivity index (χ1) is 11.3. The molecule has 5 heteroatoms. The van der Waals surface area contributed by atoms with E-state index in [4.69, 9.17) is 0 Å². The minimum Gasteiger partial charge on any atom is -0.306 e. The van der Waals surface area contributed by atoms with Gasteiger partial charge in [0.1, 0.15) is 0 Å². The van der Waals surface area contributed by atoms with Crippen molar-refractivity contribution in [2.24, 2.45) is 11.0 Å². The molecule has 5 nitrogen and oxygen atoms in total. The molecule has 0 bridgehead atoms. The standard InChI is InChI=1S/C18H22N4O/c1-2-3-4-5-6-16-17(20-21-18(16)23)14-7-9-15(10-8-14)22-12-11-19-13-22/h7-13,16H,2-6H2,1H3,(H,21,23). The molecule has 0 spiro atoms. The highest BCUT2D eigenvalue weighted by atomic mass is 16.2. The van der Waals surface area contributed by atoms with Gasteiger partial charge < -0.3 is 4.57 Å². The van der Waals surface area contributed by atoms with Gasteiger partial charge in [-0.05, 0) is 24.1 Å². The summed E-state index contributed by atoms with van der Waals surface area (Å²) in [7, 11) is 0. The van der Waals surface area contributed by atoms with Crippen molar-refractivity contribution < 1.29 is 4.79 Å². The number of hydrogen-bond donors (Lipinski definition) is 1. The van der Waals surface area contributed by atoms with Gasteiger partial charge >= 0.3 is 0 Å². The van der Waals surface area contributed by atoms with Gasteiger partial charge in [-0.15, -0.1) is 0 Å². The van der Waals surface area contributed by atoms with Crippen LogP contribution >= 0.6 is 0 Å². The number of nitrogens with zero attached hydrogens (tertiary/aromatic N) is 3. The number of carbonyl (C=O) groups is 1. The number of benzene rings is 1. The summed E-state index contributed by atoms with van der Waals surface area (Å²) in [6.07, 6.45) is 11.0. The number of amides is 1. The van der Waals surface area contributed by atoms with Crippen molar-refractivity contribution >= 4 is 11.6 Å². The van der Waals surface area contributed by atoms with E-state index in [2.05, 4.69) is 22.4 Å². The lowest BCUT2D eigenvalue weighted by Gasteiger charge is -2.11. The number of hydrogen-bond acceptors (Lipinski definition) is 3. The molecule has 23 heavy (non-hydrogen) atoms. The molecule has 1 unspecified atom stereocenters. The fourth-order valence-corrected chi connectivity index (χ4v) is 2.92. The monoisotopic (exact) mass is 310 g/mol. The zero-order valence-corrected chi connectivity index (χ0v) is 13.4. The van der Waals surface area contributed by atoms with Crippen LogP contribution < -0.4 is 5.43 Å². The van der Waals surface area contributed by atoms with Crippen LogP contribution in [-0.4, -0.2) is 21.2 Å². The Labute approximate surface area is 136 Å². The number of unbranched alkanes of at least 4 members (excludes halogenated alkanes) is 3. The van der Waals surface area contributed by atoms with Crippen LogP contribution in [0, 0.1) is 5.92 Å². The molecule has 1 aromatic heterocycles. The van der Waals surface area contributed by atoms with Crippen LogP contribution in [0.15, 0.2) is 48.1 Å². The van der Waals surface area contributed by atoms with E-state index in [0.29, 0.717) is 0 Å². The Balaban J connectivity index is 1.70. The second kappa shape index (κ2) is 7.22. The third kappa shape index (κ3) is 3.50. The van der Waals surface area contributed by atoms with E-state index in [1.54, 1.807) is 12.5 Å². The fraction of sp³-hybridized carbons (Fsp3) is 0.389. The predicted molar refractivity (Wildman–Crippen MR) is 90.5 cm³/mol. The Morgan fingerprint density at radius 2 is 2.00 bits per heavy atom. The molecule has 120 valence electrons. The van der Waals surface area contributed by atoms with E-state index in [0.717, 1.165) is 29.8 Å². The van der Waals surface area contributed by atoms with Gasteiger partial charge in [0.05, 0.1) is 18.0 Å². The number of hydrazone groups is 1. The van der Waals surface area contributed by atoms with Gasteiger partial charge in [-0.25, -0.2) is 10.4 Å². The molecule has 1 aromatic carbocycles. The number of imidazole rings is 1. The molecular formula is C18H22N4O. The number of rotatable bonds is 7. The summed E-state index contributed by atoms with van der Waals surface area (Å²) in [5.41, 5.74) is 5.55. The molecule has 2 heterocycles. The maximum Gasteiger partial charge on any atom is 0.249 e. The second-order valence-electron chi connectivity index (χ2n) is 5.89. The maximum atomic E-state index is 12.0. The quantitative estimate of drug-likeness (QED) is 0.798. The Bertz CT molecular complexity index is 674. The largest absolute Gasteiger partial charge is 0.306 e. The Hall–Kier alpha value is -2.43. The van der Waals surface area contributed by atoms with Gasteiger partial charge in [0.25, 0.3) is 0 Å². The van der Waals surface area contributed by atoms with Gasteiger partial charge in [0.15, 0.2) is 0 Å². The summed E-state index contributed by atoms with van der Waals surface area (Å²) in [4.78, 5) is 16.1. The van der Waals surface area contributed by atoms with Crippen LogP contribution in [-0.2, 0) is 4.79 Å². The molecule has 1 atom stereocenters. The second-order valence-corrected chi connectivity index (χ2v) is 5.89. The van der Waals surface area contributed by atoms with Crippen molar-refractivity contribution in [2.45, 2.75) is 39.0 Å². The van der Waals surface area contributed by atoms with Gasteiger partial charge in [-0.1, -0.05) is 44.7 Å². The summed E-state index contributed by atoms with van der Waals surface area (Å²) in [5, 5.41) is 4.26. The van der Waals surface area contributed by atoms with Gasteiger partial charge in [-0.3, -0.25) is 4.79 Å². The van der Waals surface area contributed by atoms with Gasteiger partial charge in [-0.2, -0.15) is 5.10 Å². The van der Waals surface area contributed by atoms with Crippen LogP contribution in [0.5, 0.6) is 0 Å². The number of nitrogens with one attached hydrogen (secondary N) is 1. The Morgan fingerprint density at radius 1 is 1.17 bits per heavy atom. The highest BCUT2D eigenvalue weighted by molar-refractivity contribution is 6.16. The normalized spacial score (nSPS) is 17.2. The SMILES string of the molecule is CCCCCCC1C(=O)NN=C1c1ccc(-n2ccnc2)cc1. The average molecular weight is 310 g/mol. The first-order valence-electron chi connectivity index (χ1n) is 8.26. The van der Waals surface area contributed by atoms with Crippen molar-refractivity contribution in [2.75, 3.05) is 0 Å². The maximum absolute atomic E-state index is 12.0. The van der Waals surface area contributed by atoms with Gasteiger partial charge in [0, 0.05) is 18.1 Å². The smallest absolute Gasteiger partial charge is 0.249 e. The van der Waals surface area contributed by atoms with Crippen molar-refractivity contribution in [1.82, 2.24) is 15.0 Å². The van der Waals surface area contributed by atoms with Crippen LogP contribution in [0.2, 0.25) is 0 Å². The average Bonchev–Trinajstić information content (AvgIpc) is 3.22. The molecule has 0 radical (unpaired) electrons. The molecule has 2 aromatic rings. The van der Waals surface area contributed by atoms with Crippen molar-refractivity contribution in [3.8, 4) is 5.69 Å². The van der Waals surface area contributed by atoms with E-state index in [1.165, 1.54) is 19.3 Å². The minimum atomic E-state index is -0.119. The van der Waals surface area contributed by atoms with Crippen LogP contribution in [0.3, 0.4) is 0 Å². The third-order valence-corrected chi connectivity index (χ3v) is 4.25. The number of carbonyl (C=O) groups excluding carboxylic acids is 1. The summed E-state index contributed by atoms with van der Waals surface area (Å²) in [6, 6.07) is 8.09. The van der Waals surface area contributed by atoms with Crippen LogP contribution in [0.1, 0.15) is 44.6 Å². The third-order valence-electron chi connectivity index (χ3n) is 4.25. The molecule has 1 aliphatic heterocycles. The fourth-order valence-electron chi connectivity index (χ4n) is 2.92. The zero-order valence-electron chi connectivity index (χ0n) is 13.4. The van der Waals surface area contributed by atoms with Crippen molar-refractivity contribution in [1.29, 1.82) is 0 Å². The van der Waals surface area contributed by atoms with Crippen LogP contribution in [0.4, 0.5) is 0 Å². The highest BCUT2D eigenvalue weighted by Gasteiger charge is 2.30. The summed E-state index contributed by atoms with van der Waals surface area (Å²) in [5.74, 6) is -0.0962. The molecule has 0 aliphatic carbocycles. The van der Waals surface area contributed by atoms with Crippen molar-refractivity contribution in [3.63, 3.8) is 0 Å². The van der Waals surface area contributed by atoms with E-state index in [-0.39, 0.29) is 11.8 Å². The Morgan fingerprint density at radius 3 is 2.70 bits per heavy atom. The number of aromatic nitrogens is 2. The first-order valence-corrected chi connectivity index (χ1v) is 8.26. The molecular weight excluding hydrogens is 288 g/mol. The molecule has 3 rings (SSSR count). The first kappa shape index (κ1) is 15.5. The lowest BCUT2D eigenvalue weighted by molar-refractivity contribution is -0.122. The van der Waals surface area contributed by atoms with E-state index >= 15 is 0 Å². The lowest BCUT2D eigenvalue weighted by Crippen LogP contribution is -2.23. The van der Waals surface area contributed by atoms with Crippen molar-refractivity contribution in [3.05, 3.63) is 48.5 Å². The predicted octanol–water partition coefficient (Wildman–Crippen LogP) is 3.29. The molecule has 1 N–H and O–H groups in total. The van der Waals surface area contributed by atoms with E-state index < -0.39 is 0 Å². The Kier molecular flexibility index (Phi) is 4.86. The summed E-state index contributed by atoms with van der Waals surface area (Å²) < 4.78 is 1.95.